The van der Waals surface area contributed by atoms with Crippen molar-refractivity contribution in [3.8, 4) is 17.2 Å². The number of methoxy groups -OCH3 is 1. The van der Waals surface area contributed by atoms with Crippen LogP contribution in [0.15, 0.2) is 29.2 Å². The van der Waals surface area contributed by atoms with Gasteiger partial charge in [-0.1, -0.05) is 12.1 Å². The van der Waals surface area contributed by atoms with Gasteiger partial charge in [-0.3, -0.25) is 4.79 Å². The zero-order valence-electron chi connectivity index (χ0n) is 20.3. The standard InChI is InChI=1S/C25H31N5O4S/c1-16-15-29(11-12-30(16)22(31)10-13-34-3)25-21(14-26)17(2)23(24(28-25)19-4-5-19)18-6-8-20(9-7-18)35(27,32)33/h6-9,16,19H,4-5,10-13,15H2,1-3H3,(H2,27,32,33). The van der Waals surface area contributed by atoms with Crippen LogP contribution >= 0.6 is 0 Å². The molecular formula is C25H31N5O4S. The molecule has 1 amide bonds. The quantitative estimate of drug-likeness (QED) is 0.622. The summed E-state index contributed by atoms with van der Waals surface area (Å²) < 4.78 is 28.4. The molecule has 2 heterocycles. The molecule has 186 valence electrons. The minimum Gasteiger partial charge on any atom is -0.384 e. The van der Waals surface area contributed by atoms with Gasteiger partial charge in [0, 0.05) is 44.3 Å². The van der Waals surface area contributed by atoms with Crippen LogP contribution in [0.2, 0.25) is 0 Å². The molecule has 1 unspecified atom stereocenters. The number of primary sulfonamides is 1. The van der Waals surface area contributed by atoms with Gasteiger partial charge in [-0.25, -0.2) is 18.5 Å². The first-order chi connectivity index (χ1) is 16.7. The highest BCUT2D eigenvalue weighted by Crippen LogP contribution is 2.46. The number of nitrogens with zero attached hydrogens (tertiary/aromatic N) is 4. The molecule has 4 rings (SSSR count). The maximum absolute atomic E-state index is 12.5. The normalized spacial score (nSPS) is 18.4. The van der Waals surface area contributed by atoms with E-state index in [2.05, 4.69) is 11.0 Å². The molecule has 2 aromatic rings. The van der Waals surface area contributed by atoms with E-state index in [0.717, 1.165) is 35.2 Å². The van der Waals surface area contributed by atoms with Crippen LogP contribution in [0.4, 0.5) is 5.82 Å². The summed E-state index contributed by atoms with van der Waals surface area (Å²) in [7, 11) is -2.21. The molecule has 1 saturated heterocycles. The number of ether oxygens (including phenoxy) is 1. The molecule has 1 atom stereocenters. The molecule has 1 aliphatic carbocycles. The zero-order valence-corrected chi connectivity index (χ0v) is 21.1. The van der Waals surface area contributed by atoms with Crippen molar-refractivity contribution in [2.75, 3.05) is 38.3 Å². The molecule has 0 bridgehead atoms. The van der Waals surface area contributed by atoms with Crippen LogP contribution in [0.1, 0.15) is 48.9 Å². The highest BCUT2D eigenvalue weighted by Gasteiger charge is 2.34. The van der Waals surface area contributed by atoms with Crippen molar-refractivity contribution in [3.63, 3.8) is 0 Å². The van der Waals surface area contributed by atoms with Gasteiger partial charge in [0.2, 0.25) is 15.9 Å². The Bertz CT molecular complexity index is 1270. The Morgan fingerprint density at radius 2 is 1.94 bits per heavy atom. The summed E-state index contributed by atoms with van der Waals surface area (Å²) in [5.41, 5.74) is 3.97. The first-order valence-corrected chi connectivity index (χ1v) is 13.3. The van der Waals surface area contributed by atoms with Crippen LogP contribution in [0, 0.1) is 18.3 Å². The van der Waals surface area contributed by atoms with Crippen molar-refractivity contribution in [3.05, 3.63) is 41.1 Å². The Morgan fingerprint density at radius 3 is 2.49 bits per heavy atom. The third kappa shape index (κ3) is 5.17. The van der Waals surface area contributed by atoms with Crippen molar-refractivity contribution in [1.29, 1.82) is 5.26 Å². The van der Waals surface area contributed by atoms with E-state index in [-0.39, 0.29) is 16.8 Å². The summed E-state index contributed by atoms with van der Waals surface area (Å²) >= 11 is 0. The molecule has 2 N–H and O–H groups in total. The SMILES string of the molecule is COCCC(=O)N1CCN(c2nc(C3CC3)c(-c3ccc(S(N)(=O)=O)cc3)c(C)c2C#N)CC1C. The molecule has 1 aromatic heterocycles. The van der Waals surface area contributed by atoms with Gasteiger partial charge in [-0.2, -0.15) is 5.26 Å². The van der Waals surface area contributed by atoms with Crippen molar-refractivity contribution in [2.45, 2.75) is 50.0 Å². The summed E-state index contributed by atoms with van der Waals surface area (Å²) in [6, 6.07) is 8.76. The first kappa shape index (κ1) is 25.1. The lowest BCUT2D eigenvalue weighted by Gasteiger charge is -2.41. The second-order valence-electron chi connectivity index (χ2n) is 9.28. The summed E-state index contributed by atoms with van der Waals surface area (Å²) in [4.78, 5) is 21.6. The largest absolute Gasteiger partial charge is 0.384 e. The third-order valence-corrected chi connectivity index (χ3v) is 7.70. The van der Waals surface area contributed by atoms with E-state index in [1.165, 1.54) is 12.1 Å². The number of hydrogen-bond donors (Lipinski definition) is 1. The Morgan fingerprint density at radius 1 is 1.26 bits per heavy atom. The lowest BCUT2D eigenvalue weighted by Crippen LogP contribution is -2.54. The predicted molar refractivity (Wildman–Crippen MR) is 132 cm³/mol. The van der Waals surface area contributed by atoms with Crippen molar-refractivity contribution in [1.82, 2.24) is 9.88 Å². The molecule has 1 aromatic carbocycles. The first-order valence-electron chi connectivity index (χ1n) is 11.8. The second-order valence-corrected chi connectivity index (χ2v) is 10.8. The molecular weight excluding hydrogens is 466 g/mol. The van der Waals surface area contributed by atoms with E-state index in [0.29, 0.717) is 50.0 Å². The molecule has 1 saturated carbocycles. The third-order valence-electron chi connectivity index (χ3n) is 6.77. The zero-order chi connectivity index (χ0) is 25.3. The van der Waals surface area contributed by atoms with E-state index >= 15 is 0 Å². The maximum Gasteiger partial charge on any atom is 0.238 e. The average molecular weight is 498 g/mol. The molecule has 10 heteroatoms. The molecule has 2 aliphatic rings. The number of anilines is 1. The second kappa shape index (κ2) is 9.93. The van der Waals surface area contributed by atoms with Crippen LogP contribution in [-0.2, 0) is 19.6 Å². The highest BCUT2D eigenvalue weighted by molar-refractivity contribution is 7.89. The predicted octanol–water partition coefficient (Wildman–Crippen LogP) is 2.53. The molecule has 0 radical (unpaired) electrons. The van der Waals surface area contributed by atoms with Gasteiger partial charge in [0.25, 0.3) is 0 Å². The Hall–Kier alpha value is -3.00. The monoisotopic (exact) mass is 497 g/mol. The van der Waals surface area contributed by atoms with Gasteiger partial charge < -0.3 is 14.5 Å². The van der Waals surface area contributed by atoms with E-state index in [4.69, 9.17) is 14.9 Å². The molecule has 0 spiro atoms. The average Bonchev–Trinajstić information content (AvgIpc) is 3.67. The fourth-order valence-electron chi connectivity index (χ4n) is 4.75. The number of carbonyl (C=O) groups is 1. The van der Waals surface area contributed by atoms with Gasteiger partial charge >= 0.3 is 0 Å². The lowest BCUT2D eigenvalue weighted by atomic mass is 9.93. The van der Waals surface area contributed by atoms with Gasteiger partial charge in [-0.05, 0) is 49.9 Å². The van der Waals surface area contributed by atoms with Crippen molar-refractivity contribution >= 4 is 21.7 Å². The molecule has 1 aliphatic heterocycles. The van der Waals surface area contributed by atoms with Gasteiger partial charge in [-0.15, -0.1) is 0 Å². The van der Waals surface area contributed by atoms with E-state index < -0.39 is 10.0 Å². The number of pyridine rings is 1. The number of aromatic nitrogens is 1. The number of piperazine rings is 1. The fraction of sp³-hybridized carbons (Fsp3) is 0.480. The van der Waals surface area contributed by atoms with Crippen molar-refractivity contribution < 1.29 is 17.9 Å². The number of amides is 1. The van der Waals surface area contributed by atoms with Gasteiger partial charge in [0.1, 0.15) is 11.9 Å². The number of hydrogen-bond acceptors (Lipinski definition) is 7. The van der Waals surface area contributed by atoms with Gasteiger partial charge in [0.15, 0.2) is 0 Å². The number of rotatable bonds is 7. The Kier molecular flexibility index (Phi) is 7.12. The van der Waals surface area contributed by atoms with Crippen LogP contribution in [0.25, 0.3) is 11.1 Å². The fourth-order valence-corrected chi connectivity index (χ4v) is 5.27. The number of benzene rings is 1. The minimum absolute atomic E-state index is 0.0171. The molecule has 9 nitrogen and oxygen atoms in total. The van der Waals surface area contributed by atoms with Crippen LogP contribution in [0.5, 0.6) is 0 Å². The Labute approximate surface area is 206 Å². The van der Waals surface area contributed by atoms with E-state index in [1.807, 2.05) is 18.7 Å². The summed E-state index contributed by atoms with van der Waals surface area (Å²) in [5.74, 6) is 1.04. The van der Waals surface area contributed by atoms with Crippen LogP contribution in [0.3, 0.4) is 0 Å². The number of sulfonamides is 1. The number of nitrogens with two attached hydrogens (primary N) is 1. The summed E-state index contributed by atoms with van der Waals surface area (Å²) in [5, 5.41) is 15.4. The summed E-state index contributed by atoms with van der Waals surface area (Å²) in [6.45, 7) is 6.08. The lowest BCUT2D eigenvalue weighted by molar-refractivity contribution is -0.134. The molecule has 35 heavy (non-hydrogen) atoms. The van der Waals surface area contributed by atoms with Crippen LogP contribution < -0.4 is 10.0 Å². The highest BCUT2D eigenvalue weighted by atomic mass is 32.2. The van der Waals surface area contributed by atoms with E-state index in [1.54, 1.807) is 19.2 Å². The Balaban J connectivity index is 1.69. The number of nitriles is 1. The van der Waals surface area contributed by atoms with E-state index in [9.17, 15) is 18.5 Å². The van der Waals surface area contributed by atoms with Crippen molar-refractivity contribution in [2.24, 2.45) is 5.14 Å². The van der Waals surface area contributed by atoms with Gasteiger partial charge in [0.05, 0.1) is 29.2 Å². The minimum atomic E-state index is -3.79. The topological polar surface area (TPSA) is 130 Å². The molecule has 2 fully saturated rings. The maximum atomic E-state index is 12.5. The summed E-state index contributed by atoms with van der Waals surface area (Å²) in [6.07, 6.45) is 2.41. The van der Waals surface area contributed by atoms with Crippen LogP contribution in [-0.4, -0.2) is 63.6 Å². The smallest absolute Gasteiger partial charge is 0.238 e. The number of carbonyl (C=O) groups excluding carboxylic acids is 1.